The predicted molar refractivity (Wildman–Crippen MR) is 143 cm³/mol. The van der Waals surface area contributed by atoms with Gasteiger partial charge in [0.25, 0.3) is 0 Å². The molecule has 5 rings (SSSR count). The largest absolute Gasteiger partial charge is 0.343 e. The first-order chi connectivity index (χ1) is 17.7. The number of piperidine rings is 2. The van der Waals surface area contributed by atoms with E-state index in [1.165, 1.54) is 10.9 Å². The zero-order valence-electron chi connectivity index (χ0n) is 21.1. The van der Waals surface area contributed by atoms with Crippen LogP contribution in [0, 0.1) is 11.8 Å². The molecule has 2 fully saturated rings. The summed E-state index contributed by atoms with van der Waals surface area (Å²) in [5.41, 5.74) is 3.97. The van der Waals surface area contributed by atoms with Crippen molar-refractivity contribution in [2.45, 2.75) is 57.8 Å². The molecule has 2 aromatic rings. The molecule has 0 radical (unpaired) electrons. The molecule has 3 aliphatic rings. The van der Waals surface area contributed by atoms with Crippen molar-refractivity contribution in [2.24, 2.45) is 11.8 Å². The minimum absolute atomic E-state index is 0.113. The monoisotopic (exact) mass is 564 g/mol. The Morgan fingerprint density at radius 3 is 2.22 bits per heavy atom. The number of aromatic nitrogens is 1. The lowest BCUT2D eigenvalue weighted by Gasteiger charge is -2.37. The molecule has 1 aliphatic carbocycles. The van der Waals surface area contributed by atoms with Crippen molar-refractivity contribution in [1.82, 2.24) is 9.80 Å². The van der Waals surface area contributed by atoms with Crippen molar-refractivity contribution >= 4 is 46.6 Å². The third kappa shape index (κ3) is 5.57. The molecule has 9 heteroatoms. The number of halogens is 3. The maximum Gasteiger partial charge on any atom is 0.245 e. The van der Waals surface area contributed by atoms with Gasteiger partial charge in [0.05, 0.1) is 5.92 Å². The first-order valence-corrected chi connectivity index (χ1v) is 14.3. The highest BCUT2D eigenvalue weighted by Gasteiger charge is 2.41. The number of likely N-dealkylation sites (tertiary alicyclic amines) is 2. The van der Waals surface area contributed by atoms with E-state index in [1.54, 1.807) is 13.0 Å². The SMILES string of the molecule is CC(=O)N1CCC(CC(=O)N2CCC([C@@H]3c4c(Cl)cc(Cl)cc4CCc4cc(Cl)c[n+](O)c43)CC2)CC1. The summed E-state index contributed by atoms with van der Waals surface area (Å²) in [4.78, 5) is 28.6. The highest BCUT2D eigenvalue weighted by molar-refractivity contribution is 6.35. The van der Waals surface area contributed by atoms with Crippen LogP contribution in [-0.2, 0) is 22.4 Å². The number of hydrogen-bond donors (Lipinski definition) is 1. The van der Waals surface area contributed by atoms with E-state index in [0.29, 0.717) is 40.5 Å². The average Bonchev–Trinajstić information content (AvgIpc) is 3.02. The Bertz CT molecular complexity index is 1150. The van der Waals surface area contributed by atoms with Crippen LogP contribution in [0.4, 0.5) is 0 Å². The van der Waals surface area contributed by atoms with Gasteiger partial charge in [-0.25, -0.2) is 0 Å². The number of hydrogen-bond acceptors (Lipinski definition) is 3. The molecule has 1 aromatic carbocycles. The molecule has 0 saturated carbocycles. The smallest absolute Gasteiger partial charge is 0.245 e. The van der Waals surface area contributed by atoms with E-state index < -0.39 is 0 Å². The normalized spacial score (nSPS) is 20.8. The van der Waals surface area contributed by atoms with Crippen molar-refractivity contribution in [3.63, 3.8) is 0 Å². The summed E-state index contributed by atoms with van der Waals surface area (Å²) in [5, 5.41) is 12.7. The van der Waals surface area contributed by atoms with Crippen LogP contribution < -0.4 is 4.73 Å². The number of carbonyl (C=O) groups is 2. The molecular weight excluding hydrogens is 533 g/mol. The fourth-order valence-electron chi connectivity index (χ4n) is 6.52. The molecule has 3 heterocycles. The number of nitrogens with zero attached hydrogens (tertiary/aromatic N) is 3. The van der Waals surface area contributed by atoms with Crippen LogP contribution in [0.5, 0.6) is 0 Å². The molecule has 0 spiro atoms. The molecule has 37 heavy (non-hydrogen) atoms. The third-order valence-electron chi connectivity index (χ3n) is 8.47. The summed E-state index contributed by atoms with van der Waals surface area (Å²) in [6.07, 6.45) is 6.99. The van der Waals surface area contributed by atoms with E-state index in [-0.39, 0.29) is 23.7 Å². The van der Waals surface area contributed by atoms with Gasteiger partial charge in [0.2, 0.25) is 23.7 Å². The van der Waals surface area contributed by atoms with Crippen LogP contribution in [0.25, 0.3) is 0 Å². The van der Waals surface area contributed by atoms with E-state index >= 15 is 0 Å². The summed E-state index contributed by atoms with van der Waals surface area (Å²) in [5.74, 6) is 0.741. The third-order valence-corrected chi connectivity index (χ3v) is 9.21. The van der Waals surface area contributed by atoms with Crippen LogP contribution >= 0.6 is 34.8 Å². The van der Waals surface area contributed by atoms with Crippen LogP contribution in [0.3, 0.4) is 0 Å². The van der Waals surface area contributed by atoms with E-state index in [1.807, 2.05) is 21.9 Å². The number of pyridine rings is 1. The Balaban J connectivity index is 1.34. The lowest BCUT2D eigenvalue weighted by Crippen LogP contribution is -2.44. The van der Waals surface area contributed by atoms with E-state index in [0.717, 1.165) is 74.0 Å². The molecule has 1 N–H and O–H groups in total. The van der Waals surface area contributed by atoms with Gasteiger partial charge in [0.1, 0.15) is 5.02 Å². The van der Waals surface area contributed by atoms with Crippen LogP contribution in [0.2, 0.25) is 15.1 Å². The number of amides is 2. The Morgan fingerprint density at radius 2 is 1.54 bits per heavy atom. The number of rotatable bonds is 3. The van der Waals surface area contributed by atoms with E-state index in [2.05, 4.69) is 0 Å². The highest BCUT2D eigenvalue weighted by Crippen LogP contribution is 2.45. The predicted octanol–water partition coefficient (Wildman–Crippen LogP) is 5.29. The van der Waals surface area contributed by atoms with Gasteiger partial charge in [-0.2, -0.15) is 0 Å². The molecule has 2 aliphatic heterocycles. The van der Waals surface area contributed by atoms with Crippen LogP contribution in [0.1, 0.15) is 67.3 Å². The highest BCUT2D eigenvalue weighted by atomic mass is 35.5. The molecule has 2 amide bonds. The fourth-order valence-corrected chi connectivity index (χ4v) is 7.40. The standard InChI is InChI=1S/C28H33Cl3N3O3/c1-17(35)32-8-4-18(5-9-32)12-25(36)33-10-6-19(7-11-33)27-26-20(13-22(29)15-24(26)31)2-3-21-14-23(30)16-34(37)28(21)27/h13-16,18-19,27,37H,2-12H2,1H3/q+1/t27-/m1/s1. The molecular formula is C28H33Cl3N3O3+. The number of benzene rings is 1. The number of fused-ring (bicyclic) bond motifs is 2. The van der Waals surface area contributed by atoms with Gasteiger partial charge in [-0.1, -0.05) is 34.8 Å². The maximum absolute atomic E-state index is 13.2. The van der Waals surface area contributed by atoms with Crippen LogP contribution in [-0.4, -0.2) is 53.0 Å². The van der Waals surface area contributed by atoms with Gasteiger partial charge in [-0.3, -0.25) is 14.8 Å². The summed E-state index contributed by atoms with van der Waals surface area (Å²) < 4.78 is 1.17. The molecule has 6 nitrogen and oxygen atoms in total. The minimum Gasteiger partial charge on any atom is -0.343 e. The van der Waals surface area contributed by atoms with Crippen LogP contribution in [0.15, 0.2) is 24.4 Å². The first kappa shape index (κ1) is 26.6. The van der Waals surface area contributed by atoms with Gasteiger partial charge in [0.15, 0.2) is 0 Å². The molecule has 0 bridgehead atoms. The van der Waals surface area contributed by atoms with Crippen molar-refractivity contribution in [2.75, 3.05) is 26.2 Å². The lowest BCUT2D eigenvalue weighted by atomic mass is 9.76. The Hall–Kier alpha value is -2.02. The second kappa shape index (κ2) is 11.0. The second-order valence-electron chi connectivity index (χ2n) is 10.7. The maximum atomic E-state index is 13.2. The van der Waals surface area contributed by atoms with E-state index in [9.17, 15) is 14.8 Å². The molecule has 0 unspecified atom stereocenters. The topological polar surface area (TPSA) is 64.7 Å². The zero-order chi connectivity index (χ0) is 26.3. The first-order valence-electron chi connectivity index (χ1n) is 13.2. The molecule has 198 valence electrons. The Morgan fingerprint density at radius 1 is 0.919 bits per heavy atom. The van der Waals surface area contributed by atoms with Gasteiger partial charge < -0.3 is 9.80 Å². The molecule has 1 atom stereocenters. The second-order valence-corrected chi connectivity index (χ2v) is 12.0. The average molecular weight is 566 g/mol. The van der Waals surface area contributed by atoms with E-state index in [4.69, 9.17) is 34.8 Å². The minimum atomic E-state index is -0.118. The molecule has 2 saturated heterocycles. The summed E-state index contributed by atoms with van der Waals surface area (Å²) >= 11 is 19.5. The Labute approximate surface area is 233 Å². The Kier molecular flexibility index (Phi) is 7.90. The summed E-state index contributed by atoms with van der Waals surface area (Å²) in [6, 6.07) is 5.71. The van der Waals surface area contributed by atoms with Crippen molar-refractivity contribution in [3.8, 4) is 0 Å². The zero-order valence-corrected chi connectivity index (χ0v) is 23.3. The van der Waals surface area contributed by atoms with Gasteiger partial charge in [-0.05, 0) is 79.7 Å². The van der Waals surface area contributed by atoms with Gasteiger partial charge in [0, 0.05) is 59.9 Å². The quantitative estimate of drug-likeness (QED) is 0.406. The van der Waals surface area contributed by atoms with Crippen molar-refractivity contribution in [3.05, 3.63) is 61.8 Å². The summed E-state index contributed by atoms with van der Waals surface area (Å²) in [6.45, 7) is 4.45. The number of aryl methyl sites for hydroxylation is 2. The fraction of sp³-hybridized carbons (Fsp3) is 0.536. The van der Waals surface area contributed by atoms with Crippen molar-refractivity contribution in [1.29, 1.82) is 0 Å². The number of carbonyl (C=O) groups excluding carboxylic acids is 2. The lowest BCUT2D eigenvalue weighted by molar-refractivity contribution is -0.910. The van der Waals surface area contributed by atoms with Gasteiger partial charge in [-0.15, -0.1) is 0 Å². The van der Waals surface area contributed by atoms with Crippen molar-refractivity contribution < 1.29 is 19.5 Å². The molecule has 1 aromatic heterocycles. The van der Waals surface area contributed by atoms with Gasteiger partial charge >= 0.3 is 0 Å². The summed E-state index contributed by atoms with van der Waals surface area (Å²) in [7, 11) is 0.